The zero-order valence-corrected chi connectivity index (χ0v) is 12.7. The van der Waals surface area contributed by atoms with Crippen molar-refractivity contribution < 1.29 is 4.79 Å². The first kappa shape index (κ1) is 16.4. The van der Waals surface area contributed by atoms with Crippen molar-refractivity contribution in [2.75, 3.05) is 32.7 Å². The third-order valence-corrected chi connectivity index (χ3v) is 4.11. The molecule has 0 atom stereocenters. The average molecular weight is 269 g/mol. The van der Waals surface area contributed by atoms with Crippen LogP contribution in [-0.4, -0.2) is 54.5 Å². The number of carbonyl (C=O) groups is 1. The lowest BCUT2D eigenvalue weighted by Gasteiger charge is -2.29. The van der Waals surface area contributed by atoms with Crippen molar-refractivity contribution >= 4 is 5.91 Å². The Labute approximate surface area is 118 Å². The zero-order valence-electron chi connectivity index (χ0n) is 12.7. The molecule has 0 radical (unpaired) electrons. The third-order valence-electron chi connectivity index (χ3n) is 4.11. The summed E-state index contributed by atoms with van der Waals surface area (Å²) in [5, 5.41) is 0. The highest BCUT2D eigenvalue weighted by molar-refractivity contribution is 5.75. The molecule has 0 saturated carbocycles. The number of rotatable bonds is 8. The lowest BCUT2D eigenvalue weighted by Crippen LogP contribution is -2.40. The van der Waals surface area contributed by atoms with Crippen molar-refractivity contribution in [2.24, 2.45) is 5.73 Å². The van der Waals surface area contributed by atoms with E-state index < -0.39 is 0 Å². The first-order chi connectivity index (χ1) is 9.17. The van der Waals surface area contributed by atoms with Crippen LogP contribution in [0.15, 0.2) is 0 Å². The van der Waals surface area contributed by atoms with Crippen LogP contribution in [0, 0.1) is 0 Å². The third kappa shape index (κ3) is 6.39. The van der Waals surface area contributed by atoms with Crippen LogP contribution in [0.25, 0.3) is 0 Å². The minimum Gasteiger partial charge on any atom is -0.343 e. The maximum atomic E-state index is 11.8. The quantitative estimate of drug-likeness (QED) is 0.684. The van der Waals surface area contributed by atoms with Gasteiger partial charge in [0.25, 0.3) is 0 Å². The summed E-state index contributed by atoms with van der Waals surface area (Å²) in [7, 11) is 0. The molecule has 0 aromatic carbocycles. The van der Waals surface area contributed by atoms with Gasteiger partial charge >= 0.3 is 0 Å². The van der Waals surface area contributed by atoms with E-state index >= 15 is 0 Å². The fourth-order valence-corrected chi connectivity index (χ4v) is 2.70. The lowest BCUT2D eigenvalue weighted by molar-refractivity contribution is -0.130. The highest BCUT2D eigenvalue weighted by Gasteiger charge is 2.15. The topological polar surface area (TPSA) is 49.6 Å². The van der Waals surface area contributed by atoms with E-state index in [-0.39, 0.29) is 0 Å². The van der Waals surface area contributed by atoms with E-state index in [1.807, 2.05) is 18.7 Å². The van der Waals surface area contributed by atoms with Crippen LogP contribution >= 0.6 is 0 Å². The highest BCUT2D eigenvalue weighted by atomic mass is 16.2. The Morgan fingerprint density at radius 2 is 1.79 bits per heavy atom. The summed E-state index contributed by atoms with van der Waals surface area (Å²) in [5.41, 5.74) is 5.89. The largest absolute Gasteiger partial charge is 0.343 e. The van der Waals surface area contributed by atoms with Gasteiger partial charge in [0.2, 0.25) is 5.91 Å². The van der Waals surface area contributed by atoms with Crippen molar-refractivity contribution in [3.05, 3.63) is 0 Å². The Kier molecular flexibility index (Phi) is 8.07. The molecule has 0 bridgehead atoms. The van der Waals surface area contributed by atoms with E-state index in [0.717, 1.165) is 51.9 Å². The van der Waals surface area contributed by atoms with Crippen molar-refractivity contribution in [1.29, 1.82) is 0 Å². The van der Waals surface area contributed by atoms with Crippen molar-refractivity contribution in [1.82, 2.24) is 9.80 Å². The van der Waals surface area contributed by atoms with E-state index in [1.54, 1.807) is 0 Å². The second-order valence-electron chi connectivity index (χ2n) is 5.56. The predicted molar refractivity (Wildman–Crippen MR) is 80.0 cm³/mol. The van der Waals surface area contributed by atoms with E-state index in [4.69, 9.17) is 5.73 Å². The Balaban J connectivity index is 2.00. The number of likely N-dealkylation sites (tertiary alicyclic amines) is 1. The number of unbranched alkanes of at least 4 members (excludes halogenated alkanes) is 2. The van der Waals surface area contributed by atoms with Crippen molar-refractivity contribution in [3.63, 3.8) is 0 Å². The van der Waals surface area contributed by atoms with E-state index in [1.165, 1.54) is 13.0 Å². The fourth-order valence-electron chi connectivity index (χ4n) is 2.70. The van der Waals surface area contributed by atoms with Crippen LogP contribution in [-0.2, 0) is 4.79 Å². The molecule has 4 nitrogen and oxygen atoms in total. The smallest absolute Gasteiger partial charge is 0.222 e. The van der Waals surface area contributed by atoms with Gasteiger partial charge in [-0.1, -0.05) is 6.42 Å². The summed E-state index contributed by atoms with van der Waals surface area (Å²) in [4.78, 5) is 16.2. The molecule has 4 heteroatoms. The van der Waals surface area contributed by atoms with E-state index in [9.17, 15) is 4.79 Å². The second-order valence-corrected chi connectivity index (χ2v) is 5.56. The lowest BCUT2D eigenvalue weighted by atomic mass is 10.1. The Bertz CT molecular complexity index is 246. The maximum absolute atomic E-state index is 11.8. The zero-order chi connectivity index (χ0) is 14.1. The number of nitrogens with zero attached hydrogens (tertiary/aromatic N) is 2. The summed E-state index contributed by atoms with van der Waals surface area (Å²) in [6.45, 7) is 9.24. The van der Waals surface area contributed by atoms with Crippen LogP contribution in [0.3, 0.4) is 0 Å². The van der Waals surface area contributed by atoms with E-state index in [0.29, 0.717) is 18.4 Å². The van der Waals surface area contributed by atoms with Gasteiger partial charge in [-0.25, -0.2) is 0 Å². The molecule has 1 saturated heterocycles. The molecule has 19 heavy (non-hydrogen) atoms. The molecule has 0 aromatic rings. The second kappa shape index (κ2) is 9.32. The molecule has 112 valence electrons. The molecule has 0 aromatic heterocycles. The molecule has 1 aliphatic heterocycles. The highest BCUT2D eigenvalue weighted by Crippen LogP contribution is 2.10. The van der Waals surface area contributed by atoms with Crippen LogP contribution in [0.5, 0.6) is 0 Å². The van der Waals surface area contributed by atoms with Gasteiger partial charge in [-0.3, -0.25) is 4.79 Å². The van der Waals surface area contributed by atoms with E-state index in [2.05, 4.69) is 4.90 Å². The number of amides is 1. The van der Waals surface area contributed by atoms with Gasteiger partial charge in [-0.15, -0.1) is 0 Å². The molecular weight excluding hydrogens is 238 g/mol. The van der Waals surface area contributed by atoms with Gasteiger partial charge in [0.1, 0.15) is 0 Å². The number of piperidine rings is 1. The number of nitrogens with two attached hydrogens (primary N) is 1. The van der Waals surface area contributed by atoms with Crippen molar-refractivity contribution in [2.45, 2.75) is 58.4 Å². The van der Waals surface area contributed by atoms with Crippen LogP contribution < -0.4 is 5.73 Å². The van der Waals surface area contributed by atoms with Crippen LogP contribution in [0.4, 0.5) is 0 Å². The monoisotopic (exact) mass is 269 g/mol. The van der Waals surface area contributed by atoms with Crippen LogP contribution in [0.1, 0.15) is 52.4 Å². The molecular formula is C15H31N3O. The fraction of sp³-hybridized carbons (Fsp3) is 0.933. The molecule has 1 fully saturated rings. The van der Waals surface area contributed by atoms with Gasteiger partial charge in [-0.2, -0.15) is 0 Å². The molecule has 1 rings (SSSR count). The maximum Gasteiger partial charge on any atom is 0.222 e. The van der Waals surface area contributed by atoms with Gasteiger partial charge in [-0.05, 0) is 59.2 Å². The van der Waals surface area contributed by atoms with Gasteiger partial charge in [0.15, 0.2) is 0 Å². The Hall–Kier alpha value is -0.610. The predicted octanol–water partition coefficient (Wildman–Crippen LogP) is 1.84. The summed E-state index contributed by atoms with van der Waals surface area (Å²) >= 11 is 0. The molecule has 2 N–H and O–H groups in total. The van der Waals surface area contributed by atoms with Crippen LogP contribution in [0.2, 0.25) is 0 Å². The number of hydrogen-bond acceptors (Lipinski definition) is 3. The summed E-state index contributed by atoms with van der Waals surface area (Å²) in [6.07, 6.45) is 6.40. The number of hydrogen-bond donors (Lipinski definition) is 1. The molecule has 0 aliphatic carbocycles. The Morgan fingerprint density at radius 1 is 1.16 bits per heavy atom. The minimum absolute atomic E-state index is 0.314. The molecule has 1 amide bonds. The van der Waals surface area contributed by atoms with Gasteiger partial charge < -0.3 is 15.5 Å². The summed E-state index contributed by atoms with van der Waals surface area (Å²) < 4.78 is 0. The normalized spacial score (nSPS) is 17.6. The summed E-state index contributed by atoms with van der Waals surface area (Å²) in [5.74, 6) is 0.314. The number of carbonyl (C=O) groups excluding carboxylic acids is 1. The molecule has 0 unspecified atom stereocenters. The minimum atomic E-state index is 0.314. The molecule has 1 heterocycles. The van der Waals surface area contributed by atoms with Crippen molar-refractivity contribution in [3.8, 4) is 0 Å². The molecule has 1 aliphatic rings. The first-order valence-electron chi connectivity index (χ1n) is 7.93. The Morgan fingerprint density at radius 3 is 2.37 bits per heavy atom. The SMILES string of the molecule is CCN(CC)C(=O)CCCCCN1CCC(N)CC1. The average Bonchev–Trinajstić information content (AvgIpc) is 2.42. The molecule has 0 spiro atoms. The first-order valence-corrected chi connectivity index (χ1v) is 7.93. The standard InChI is InChI=1S/C15H31N3O/c1-3-18(4-2)15(19)8-6-5-7-11-17-12-9-14(16)10-13-17/h14H,3-13,16H2,1-2H3. The van der Waals surface area contributed by atoms with Gasteiger partial charge in [0, 0.05) is 25.6 Å². The summed E-state index contributed by atoms with van der Waals surface area (Å²) in [6, 6.07) is 0.419. The van der Waals surface area contributed by atoms with Gasteiger partial charge in [0.05, 0.1) is 0 Å².